The number of allylic oxidation sites excluding steroid dienone is 4. The van der Waals surface area contributed by atoms with Crippen LogP contribution in [-0.2, 0) is 19.1 Å². The van der Waals surface area contributed by atoms with E-state index in [-0.39, 0.29) is 11.9 Å². The van der Waals surface area contributed by atoms with E-state index < -0.39 is 0 Å². The molecule has 0 unspecified atom stereocenters. The molecular formula is C53H102N4O4S2. The molecule has 0 saturated carbocycles. The van der Waals surface area contributed by atoms with E-state index in [1.807, 2.05) is 21.6 Å². The molecule has 1 rings (SSSR count). The Morgan fingerprint density at radius 3 is 1.40 bits per heavy atom. The number of hydrogen-bond donors (Lipinski definition) is 1. The lowest BCUT2D eigenvalue weighted by atomic mass is 10.1. The third kappa shape index (κ3) is 43.3. The van der Waals surface area contributed by atoms with E-state index in [1.165, 1.54) is 141 Å². The first-order valence-electron chi connectivity index (χ1n) is 26.8. The second-order valence-electron chi connectivity index (χ2n) is 18.0. The molecule has 8 nitrogen and oxygen atoms in total. The molecule has 0 amide bonds. The van der Waals surface area contributed by atoms with Gasteiger partial charge in [-0.15, -0.1) is 0 Å². The molecule has 1 saturated heterocycles. The van der Waals surface area contributed by atoms with Crippen molar-refractivity contribution in [2.24, 2.45) is 0 Å². The summed E-state index contributed by atoms with van der Waals surface area (Å²) in [7, 11) is 3.95. The van der Waals surface area contributed by atoms with Crippen molar-refractivity contribution >= 4 is 33.5 Å². The van der Waals surface area contributed by atoms with Gasteiger partial charge in [-0.2, -0.15) is 0 Å². The number of rotatable bonds is 48. The third-order valence-electron chi connectivity index (χ3n) is 12.2. The Hall–Kier alpha value is -1.04. The number of hydrogen-bond acceptors (Lipinski definition) is 10. The van der Waals surface area contributed by atoms with Crippen LogP contribution in [0.25, 0.3) is 0 Å². The van der Waals surface area contributed by atoms with Gasteiger partial charge in [0, 0.05) is 89.8 Å². The number of carbonyl (C=O) groups is 2. The zero-order valence-corrected chi connectivity index (χ0v) is 43.3. The maximum Gasteiger partial charge on any atom is 0.305 e. The fourth-order valence-corrected chi connectivity index (χ4v) is 10.0. The van der Waals surface area contributed by atoms with Gasteiger partial charge in [0.1, 0.15) is 13.2 Å². The molecular weight excluding hydrogens is 821 g/mol. The van der Waals surface area contributed by atoms with Crippen molar-refractivity contribution in [3.05, 3.63) is 24.3 Å². The zero-order chi connectivity index (χ0) is 45.4. The zero-order valence-electron chi connectivity index (χ0n) is 41.7. The lowest BCUT2D eigenvalue weighted by Crippen LogP contribution is -2.47. The van der Waals surface area contributed by atoms with Crippen LogP contribution in [0.3, 0.4) is 0 Å². The van der Waals surface area contributed by atoms with Gasteiger partial charge in [-0.25, -0.2) is 0 Å². The maximum absolute atomic E-state index is 12.3. The molecule has 1 aliphatic rings. The number of carbonyl (C=O) groups excluding carboxylic acids is 2. The number of nitrogens with zero attached hydrogens (tertiary/aromatic N) is 3. The smallest absolute Gasteiger partial charge is 0.305 e. The molecule has 0 aromatic rings. The van der Waals surface area contributed by atoms with Crippen molar-refractivity contribution in [2.45, 2.75) is 207 Å². The highest BCUT2D eigenvalue weighted by Gasteiger charge is 2.17. The van der Waals surface area contributed by atoms with Crippen molar-refractivity contribution in [2.75, 3.05) is 96.7 Å². The highest BCUT2D eigenvalue weighted by Crippen LogP contribution is 2.20. The first-order chi connectivity index (χ1) is 31.1. The van der Waals surface area contributed by atoms with Crippen molar-refractivity contribution in [3.8, 4) is 0 Å². The van der Waals surface area contributed by atoms with Gasteiger partial charge in [-0.3, -0.25) is 24.3 Å². The van der Waals surface area contributed by atoms with Crippen LogP contribution in [-0.4, -0.2) is 123 Å². The van der Waals surface area contributed by atoms with E-state index in [9.17, 15) is 9.59 Å². The second kappa shape index (κ2) is 48.9. The van der Waals surface area contributed by atoms with Gasteiger partial charge in [0.15, 0.2) is 0 Å². The quantitative estimate of drug-likeness (QED) is 0.0276. The van der Waals surface area contributed by atoms with Gasteiger partial charge < -0.3 is 14.8 Å². The first-order valence-corrected chi connectivity index (χ1v) is 29.3. The number of nitrogens with one attached hydrogen (secondary N) is 1. The molecule has 1 heterocycles. The van der Waals surface area contributed by atoms with E-state index in [1.54, 1.807) is 0 Å². The third-order valence-corrected chi connectivity index (χ3v) is 14.6. The molecule has 63 heavy (non-hydrogen) atoms. The molecule has 0 aromatic heterocycles. The minimum absolute atomic E-state index is 0.0247. The Balaban J connectivity index is 1.88. The Labute approximate surface area is 398 Å². The monoisotopic (exact) mass is 923 g/mol. The molecule has 370 valence electrons. The summed E-state index contributed by atoms with van der Waals surface area (Å²) in [5.74, 6) is 2.20. The van der Waals surface area contributed by atoms with Gasteiger partial charge >= 0.3 is 11.9 Å². The van der Waals surface area contributed by atoms with E-state index >= 15 is 0 Å². The minimum Gasteiger partial charge on any atom is -0.464 e. The molecule has 10 heteroatoms. The van der Waals surface area contributed by atoms with E-state index in [0.29, 0.717) is 26.1 Å². The van der Waals surface area contributed by atoms with Gasteiger partial charge in [0.2, 0.25) is 0 Å². The highest BCUT2D eigenvalue weighted by atomic mass is 33.1. The van der Waals surface area contributed by atoms with Crippen molar-refractivity contribution in [1.82, 2.24) is 20.0 Å². The van der Waals surface area contributed by atoms with Crippen LogP contribution in [0.4, 0.5) is 0 Å². The van der Waals surface area contributed by atoms with Gasteiger partial charge in [-0.1, -0.05) is 169 Å². The normalized spacial score (nSPS) is 13.9. The average molecular weight is 924 g/mol. The van der Waals surface area contributed by atoms with Crippen LogP contribution in [0.5, 0.6) is 0 Å². The van der Waals surface area contributed by atoms with E-state index in [4.69, 9.17) is 9.47 Å². The maximum atomic E-state index is 12.3. The van der Waals surface area contributed by atoms with E-state index in [0.717, 1.165) is 116 Å². The standard InChI is InChI=1S/C53H102N4O4S2/c1-4-7-9-11-13-15-17-19-21-23-25-27-29-31-33-35-52(58)60-48-45-55(39-6-3)40-37-54-38-50-62-63-51-47-57-43-41-56(42-44-57)46-49-61-53(59)36-34-32-30-28-26-24-22-20-18-16-14-12-10-8-5-2/h19-22,54H,4-18,23-51H2,1-3H3/b21-19-,22-20-. The van der Waals surface area contributed by atoms with E-state index in [2.05, 4.69) is 65.1 Å². The average Bonchev–Trinajstić information content (AvgIpc) is 3.28. The lowest BCUT2D eigenvalue weighted by Gasteiger charge is -2.34. The molecule has 0 radical (unpaired) electrons. The largest absolute Gasteiger partial charge is 0.464 e. The summed E-state index contributed by atoms with van der Waals surface area (Å²) >= 11 is 0. The van der Waals surface area contributed by atoms with Crippen LogP contribution < -0.4 is 5.32 Å². The molecule has 1 fully saturated rings. The molecule has 1 N–H and O–H groups in total. The van der Waals surface area contributed by atoms with Crippen LogP contribution in [0, 0.1) is 0 Å². The fraction of sp³-hybridized carbons (Fsp3) is 0.887. The summed E-state index contributed by atoms with van der Waals surface area (Å²) in [6.45, 7) is 18.9. The Bertz CT molecular complexity index is 1040. The second-order valence-corrected chi connectivity index (χ2v) is 20.7. The topological polar surface area (TPSA) is 74.3 Å². The molecule has 0 aliphatic carbocycles. The number of unbranched alkanes of at least 4 members (excludes halogenated alkanes) is 22. The van der Waals surface area contributed by atoms with Crippen LogP contribution in [0.15, 0.2) is 24.3 Å². The first kappa shape index (κ1) is 60.0. The number of ether oxygens (including phenoxy) is 2. The van der Waals surface area contributed by atoms with Crippen LogP contribution >= 0.6 is 21.6 Å². The SMILES string of the molecule is CCCCCCCC/C=C\CCCCCCCC(=O)OCCN(CCC)CCNCCSSCCN1CCN(CCOC(=O)CCCCCCC/C=C\CCCCCCCC)CC1. The highest BCUT2D eigenvalue weighted by molar-refractivity contribution is 8.76. The van der Waals surface area contributed by atoms with Crippen molar-refractivity contribution in [3.63, 3.8) is 0 Å². The van der Waals surface area contributed by atoms with Crippen LogP contribution in [0.1, 0.15) is 207 Å². The van der Waals surface area contributed by atoms with Crippen LogP contribution in [0.2, 0.25) is 0 Å². The Morgan fingerprint density at radius 1 is 0.476 bits per heavy atom. The van der Waals surface area contributed by atoms with Gasteiger partial charge in [-0.05, 0) is 77.2 Å². The summed E-state index contributed by atoms with van der Waals surface area (Å²) in [4.78, 5) is 31.9. The Morgan fingerprint density at radius 2 is 0.905 bits per heavy atom. The fourth-order valence-electron chi connectivity index (χ4n) is 8.05. The molecule has 0 aromatic carbocycles. The lowest BCUT2D eigenvalue weighted by molar-refractivity contribution is -0.145. The van der Waals surface area contributed by atoms with Crippen molar-refractivity contribution < 1.29 is 19.1 Å². The summed E-state index contributed by atoms with van der Waals surface area (Å²) in [6, 6.07) is 0. The summed E-state index contributed by atoms with van der Waals surface area (Å²) < 4.78 is 11.2. The Kier molecular flexibility index (Phi) is 46.5. The van der Waals surface area contributed by atoms with Gasteiger partial charge in [0.05, 0.1) is 0 Å². The minimum atomic E-state index is -0.0344. The molecule has 0 spiro atoms. The number of piperazine rings is 1. The summed E-state index contributed by atoms with van der Waals surface area (Å²) in [5.41, 5.74) is 0. The molecule has 1 aliphatic heterocycles. The molecule has 0 bridgehead atoms. The summed E-state index contributed by atoms with van der Waals surface area (Å²) in [5, 5.41) is 3.61. The predicted molar refractivity (Wildman–Crippen MR) is 278 cm³/mol. The van der Waals surface area contributed by atoms with Gasteiger partial charge in [0.25, 0.3) is 0 Å². The molecule has 0 atom stereocenters. The predicted octanol–water partition coefficient (Wildman–Crippen LogP) is 13.4. The summed E-state index contributed by atoms with van der Waals surface area (Å²) in [6.07, 6.45) is 44.7. The van der Waals surface area contributed by atoms with Crippen molar-refractivity contribution in [1.29, 1.82) is 0 Å². The number of esters is 2.